The average Bonchev–Trinajstić information content (AvgIpc) is 2.59. The van der Waals surface area contributed by atoms with Crippen LogP contribution in [0.25, 0.3) is 0 Å². The van der Waals surface area contributed by atoms with Gasteiger partial charge in [-0.2, -0.15) is 0 Å². The molecule has 1 aromatic heterocycles. The molecule has 1 amide bonds. The number of aromatic nitrogens is 2. The highest BCUT2D eigenvalue weighted by molar-refractivity contribution is 5.92. The lowest BCUT2D eigenvalue weighted by molar-refractivity contribution is -0.125. The Balaban J connectivity index is 3.24. The van der Waals surface area contributed by atoms with Crippen LogP contribution in [0.2, 0.25) is 0 Å². The Bertz CT molecular complexity index is 436. The van der Waals surface area contributed by atoms with Crippen molar-refractivity contribution in [1.29, 1.82) is 0 Å². The van der Waals surface area contributed by atoms with Crippen molar-refractivity contribution in [3.63, 3.8) is 0 Å². The third-order valence-corrected chi connectivity index (χ3v) is 2.39. The van der Waals surface area contributed by atoms with E-state index in [0.717, 1.165) is 0 Å². The number of ether oxygens (including phenoxy) is 1. The van der Waals surface area contributed by atoms with Crippen molar-refractivity contribution in [1.82, 2.24) is 9.55 Å². The topological polar surface area (TPSA) is 113 Å². The highest BCUT2D eigenvalue weighted by atomic mass is 16.5. The first-order chi connectivity index (χ1) is 7.32. The number of carbonyl (C=O) groups excluding carboxylic acids is 2. The van der Waals surface area contributed by atoms with Crippen molar-refractivity contribution in [3.8, 4) is 0 Å². The first kappa shape index (κ1) is 12.0. The predicted octanol–water partition coefficient (Wildman–Crippen LogP) is -0.528. The summed E-state index contributed by atoms with van der Waals surface area (Å²) < 4.78 is 5.83. The van der Waals surface area contributed by atoms with Crippen LogP contribution in [0.3, 0.4) is 0 Å². The van der Waals surface area contributed by atoms with E-state index in [9.17, 15) is 9.59 Å². The lowest BCUT2D eigenvalue weighted by Crippen LogP contribution is -2.41. The first-order valence-electron chi connectivity index (χ1n) is 4.54. The highest BCUT2D eigenvalue weighted by Crippen LogP contribution is 2.21. The molecular weight excluding hydrogens is 212 g/mol. The van der Waals surface area contributed by atoms with Crippen molar-refractivity contribution in [2.45, 2.75) is 19.4 Å². The Morgan fingerprint density at radius 1 is 1.50 bits per heavy atom. The van der Waals surface area contributed by atoms with E-state index >= 15 is 0 Å². The Kier molecular flexibility index (Phi) is 2.88. The molecule has 0 atom stereocenters. The Labute approximate surface area is 92.4 Å². The van der Waals surface area contributed by atoms with Crippen LogP contribution in [0.4, 0.5) is 5.82 Å². The zero-order valence-corrected chi connectivity index (χ0v) is 9.35. The fourth-order valence-electron chi connectivity index (χ4n) is 1.18. The second-order valence-electron chi connectivity index (χ2n) is 3.76. The van der Waals surface area contributed by atoms with Gasteiger partial charge in [0.1, 0.15) is 11.4 Å². The van der Waals surface area contributed by atoms with Gasteiger partial charge in [0.15, 0.2) is 5.69 Å². The summed E-state index contributed by atoms with van der Waals surface area (Å²) in [5.74, 6) is -1.18. The maximum absolute atomic E-state index is 11.3. The number of primary amides is 1. The summed E-state index contributed by atoms with van der Waals surface area (Å²) in [5, 5.41) is 0. The fourth-order valence-corrected chi connectivity index (χ4v) is 1.18. The Hall–Kier alpha value is -2.05. The number of methoxy groups -OCH3 is 1. The van der Waals surface area contributed by atoms with Gasteiger partial charge in [-0.05, 0) is 13.8 Å². The molecule has 0 spiro atoms. The number of imidazole rings is 1. The minimum Gasteiger partial charge on any atom is -0.464 e. The van der Waals surface area contributed by atoms with Gasteiger partial charge in [0, 0.05) is 0 Å². The van der Waals surface area contributed by atoms with Gasteiger partial charge in [0.05, 0.1) is 13.4 Å². The number of nitrogens with zero attached hydrogens (tertiary/aromatic N) is 2. The first-order valence-corrected chi connectivity index (χ1v) is 4.54. The van der Waals surface area contributed by atoms with Crippen LogP contribution < -0.4 is 11.5 Å². The smallest absolute Gasteiger partial charge is 0.360 e. The molecule has 4 N–H and O–H groups in total. The number of anilines is 1. The minimum atomic E-state index is -1.05. The predicted molar refractivity (Wildman–Crippen MR) is 56.5 cm³/mol. The normalized spacial score (nSPS) is 11.2. The molecule has 7 heteroatoms. The number of hydrogen-bond donors (Lipinski definition) is 2. The molecule has 0 aliphatic rings. The monoisotopic (exact) mass is 226 g/mol. The van der Waals surface area contributed by atoms with E-state index in [-0.39, 0.29) is 11.5 Å². The summed E-state index contributed by atoms with van der Waals surface area (Å²) in [5.41, 5.74) is 9.84. The van der Waals surface area contributed by atoms with E-state index < -0.39 is 17.4 Å². The van der Waals surface area contributed by atoms with Crippen LogP contribution in [0, 0.1) is 0 Å². The minimum absolute atomic E-state index is 0.0307. The highest BCUT2D eigenvalue weighted by Gasteiger charge is 2.31. The van der Waals surface area contributed by atoms with Crippen molar-refractivity contribution >= 4 is 17.7 Å². The third kappa shape index (κ3) is 1.71. The Morgan fingerprint density at radius 3 is 2.50 bits per heavy atom. The molecule has 0 fully saturated rings. The van der Waals surface area contributed by atoms with Gasteiger partial charge < -0.3 is 20.8 Å². The lowest BCUT2D eigenvalue weighted by atomic mass is 10.1. The van der Waals surface area contributed by atoms with Crippen LogP contribution in [0.1, 0.15) is 24.3 Å². The molecule has 1 rings (SSSR count). The summed E-state index contributed by atoms with van der Waals surface area (Å²) in [6.45, 7) is 3.16. The molecule has 0 radical (unpaired) electrons. The van der Waals surface area contributed by atoms with Gasteiger partial charge >= 0.3 is 5.97 Å². The number of hydrogen-bond acceptors (Lipinski definition) is 5. The van der Waals surface area contributed by atoms with Crippen molar-refractivity contribution in [2.24, 2.45) is 5.73 Å². The summed E-state index contributed by atoms with van der Waals surface area (Å²) in [6, 6.07) is 0. The van der Waals surface area contributed by atoms with Crippen LogP contribution in [-0.2, 0) is 15.1 Å². The fraction of sp³-hybridized carbons (Fsp3) is 0.444. The van der Waals surface area contributed by atoms with E-state index in [1.54, 1.807) is 13.8 Å². The second kappa shape index (κ2) is 3.84. The molecule has 0 bridgehead atoms. The molecule has 0 saturated carbocycles. The van der Waals surface area contributed by atoms with Crippen LogP contribution >= 0.6 is 0 Å². The summed E-state index contributed by atoms with van der Waals surface area (Å²) in [4.78, 5) is 26.3. The molecule has 0 aliphatic heterocycles. The van der Waals surface area contributed by atoms with Crippen molar-refractivity contribution in [2.75, 3.05) is 12.8 Å². The van der Waals surface area contributed by atoms with Gasteiger partial charge in [0.2, 0.25) is 5.91 Å². The van der Waals surface area contributed by atoms with Gasteiger partial charge in [-0.1, -0.05) is 0 Å². The number of amides is 1. The number of esters is 1. The third-order valence-electron chi connectivity index (χ3n) is 2.39. The second-order valence-corrected chi connectivity index (χ2v) is 3.76. The molecule has 0 unspecified atom stereocenters. The molecule has 0 aromatic carbocycles. The van der Waals surface area contributed by atoms with E-state index in [2.05, 4.69) is 9.72 Å². The summed E-state index contributed by atoms with van der Waals surface area (Å²) >= 11 is 0. The van der Waals surface area contributed by atoms with Gasteiger partial charge in [-0.15, -0.1) is 0 Å². The number of nitrogens with two attached hydrogens (primary N) is 2. The van der Waals surface area contributed by atoms with E-state index in [1.807, 2.05) is 0 Å². The van der Waals surface area contributed by atoms with Gasteiger partial charge in [-0.3, -0.25) is 4.79 Å². The average molecular weight is 226 g/mol. The summed E-state index contributed by atoms with van der Waals surface area (Å²) in [6.07, 6.45) is 1.28. The largest absolute Gasteiger partial charge is 0.464 e. The van der Waals surface area contributed by atoms with Crippen molar-refractivity contribution < 1.29 is 14.3 Å². The van der Waals surface area contributed by atoms with Crippen molar-refractivity contribution in [3.05, 3.63) is 12.0 Å². The van der Waals surface area contributed by atoms with Gasteiger partial charge in [0.25, 0.3) is 0 Å². The number of carbonyl (C=O) groups is 2. The molecule has 0 aliphatic carbocycles. The molecule has 1 heterocycles. The van der Waals surface area contributed by atoms with Gasteiger partial charge in [-0.25, -0.2) is 9.78 Å². The SMILES string of the molecule is COC(=O)c1ncn(C(C)(C)C(N)=O)c1N. The molecule has 0 saturated heterocycles. The maximum atomic E-state index is 11.3. The quantitative estimate of drug-likeness (QED) is 0.673. The zero-order valence-electron chi connectivity index (χ0n) is 9.35. The molecule has 7 nitrogen and oxygen atoms in total. The van der Waals surface area contributed by atoms with Crippen LogP contribution in [-0.4, -0.2) is 28.5 Å². The molecule has 16 heavy (non-hydrogen) atoms. The van der Waals surface area contributed by atoms with E-state index in [1.165, 1.54) is 18.0 Å². The standard InChI is InChI=1S/C9H14N4O3/c1-9(2,8(11)15)13-4-12-5(6(13)10)7(14)16-3/h4H,10H2,1-3H3,(H2,11,15). The molecular formula is C9H14N4O3. The number of nitrogen functional groups attached to an aromatic ring is 1. The number of rotatable bonds is 3. The van der Waals surface area contributed by atoms with E-state index in [4.69, 9.17) is 11.5 Å². The maximum Gasteiger partial charge on any atom is 0.360 e. The summed E-state index contributed by atoms with van der Waals surface area (Å²) in [7, 11) is 1.22. The zero-order chi connectivity index (χ0) is 12.5. The molecule has 1 aromatic rings. The van der Waals surface area contributed by atoms with E-state index in [0.29, 0.717) is 0 Å². The van der Waals surface area contributed by atoms with Crippen LogP contribution in [0.5, 0.6) is 0 Å². The Morgan fingerprint density at radius 2 is 2.06 bits per heavy atom. The molecule has 88 valence electrons. The van der Waals surface area contributed by atoms with Crippen LogP contribution in [0.15, 0.2) is 6.33 Å². The lowest BCUT2D eigenvalue weighted by Gasteiger charge is -2.23.